The van der Waals surface area contributed by atoms with E-state index in [4.69, 9.17) is 14.4 Å². The number of nitrogens with zero attached hydrogens (tertiary/aromatic N) is 1. The minimum atomic E-state index is -1.15. The molecule has 20 heavy (non-hydrogen) atoms. The first kappa shape index (κ1) is 12.2. The summed E-state index contributed by atoms with van der Waals surface area (Å²) in [7, 11) is 1.56. The zero-order valence-corrected chi connectivity index (χ0v) is 10.7. The average molecular weight is 269 g/mol. The number of aromatic carboxylic acids is 1. The van der Waals surface area contributed by atoms with Gasteiger partial charge in [0.05, 0.1) is 12.7 Å². The Kier molecular flexibility index (Phi) is 2.87. The van der Waals surface area contributed by atoms with Crippen LogP contribution in [0.4, 0.5) is 0 Å². The third-order valence-corrected chi connectivity index (χ3v) is 3.09. The number of benzene rings is 2. The first-order chi connectivity index (χ1) is 9.70. The van der Waals surface area contributed by atoms with Crippen molar-refractivity contribution < 1.29 is 19.2 Å². The number of methoxy groups -OCH3 is 1. The standard InChI is InChI=1S/C15H11NO4/c1-19-12-7-6-9-4-2-3-5-10(9)14(12)11-8-13(15(17)18)20-16-11/h2-8H,1H3,(H,17,18). The molecule has 5 heteroatoms. The highest BCUT2D eigenvalue weighted by Gasteiger charge is 2.17. The van der Waals surface area contributed by atoms with Crippen molar-refractivity contribution in [1.82, 2.24) is 5.16 Å². The van der Waals surface area contributed by atoms with Crippen molar-refractivity contribution in [3.05, 3.63) is 48.2 Å². The number of carbonyl (C=O) groups is 1. The molecule has 0 amide bonds. The van der Waals surface area contributed by atoms with Gasteiger partial charge in [0.25, 0.3) is 0 Å². The number of carboxylic acid groups (broad SMARTS) is 1. The number of rotatable bonds is 3. The Labute approximate surface area is 114 Å². The molecule has 1 heterocycles. The van der Waals surface area contributed by atoms with E-state index in [9.17, 15) is 4.79 Å². The Balaban J connectivity index is 2.29. The summed E-state index contributed by atoms with van der Waals surface area (Å²) in [6.07, 6.45) is 0. The van der Waals surface area contributed by atoms with E-state index < -0.39 is 5.97 Å². The first-order valence-corrected chi connectivity index (χ1v) is 5.97. The number of aromatic nitrogens is 1. The molecule has 1 N–H and O–H groups in total. The monoisotopic (exact) mass is 269 g/mol. The van der Waals surface area contributed by atoms with Gasteiger partial charge in [-0.2, -0.15) is 0 Å². The number of hydrogen-bond donors (Lipinski definition) is 1. The molecule has 0 atom stereocenters. The summed E-state index contributed by atoms with van der Waals surface area (Å²) in [6, 6.07) is 12.9. The van der Waals surface area contributed by atoms with Crippen molar-refractivity contribution in [2.75, 3.05) is 7.11 Å². The van der Waals surface area contributed by atoms with Crippen LogP contribution in [-0.4, -0.2) is 23.3 Å². The van der Waals surface area contributed by atoms with Crippen LogP contribution in [-0.2, 0) is 0 Å². The molecule has 1 aromatic heterocycles. The van der Waals surface area contributed by atoms with Gasteiger partial charge >= 0.3 is 5.97 Å². The van der Waals surface area contributed by atoms with Crippen molar-refractivity contribution >= 4 is 16.7 Å². The van der Waals surface area contributed by atoms with Gasteiger partial charge in [0.15, 0.2) is 0 Å². The lowest BCUT2D eigenvalue weighted by Crippen LogP contribution is -1.92. The van der Waals surface area contributed by atoms with Gasteiger partial charge in [0, 0.05) is 6.07 Å². The van der Waals surface area contributed by atoms with E-state index >= 15 is 0 Å². The van der Waals surface area contributed by atoms with Crippen LogP contribution in [0.2, 0.25) is 0 Å². The summed E-state index contributed by atoms with van der Waals surface area (Å²) in [6.45, 7) is 0. The van der Waals surface area contributed by atoms with Crippen LogP contribution in [0.25, 0.3) is 22.0 Å². The molecule has 100 valence electrons. The second-order valence-corrected chi connectivity index (χ2v) is 4.25. The maximum atomic E-state index is 10.9. The molecule has 2 aromatic carbocycles. The van der Waals surface area contributed by atoms with Crippen LogP contribution in [0.15, 0.2) is 47.0 Å². The maximum Gasteiger partial charge on any atom is 0.374 e. The molecule has 0 aliphatic carbocycles. The molecule has 0 bridgehead atoms. The predicted molar refractivity (Wildman–Crippen MR) is 73.0 cm³/mol. The molecule has 0 saturated carbocycles. The van der Waals surface area contributed by atoms with Crippen LogP contribution in [0.5, 0.6) is 5.75 Å². The molecule has 0 fully saturated rings. The van der Waals surface area contributed by atoms with Crippen molar-refractivity contribution in [3.63, 3.8) is 0 Å². The Morgan fingerprint density at radius 3 is 2.75 bits per heavy atom. The second kappa shape index (κ2) is 4.70. The Morgan fingerprint density at radius 2 is 2.05 bits per heavy atom. The number of fused-ring (bicyclic) bond motifs is 1. The fraction of sp³-hybridized carbons (Fsp3) is 0.0667. The first-order valence-electron chi connectivity index (χ1n) is 5.97. The normalized spacial score (nSPS) is 10.7. The van der Waals surface area contributed by atoms with Crippen molar-refractivity contribution in [3.8, 4) is 17.0 Å². The lowest BCUT2D eigenvalue weighted by molar-refractivity contribution is 0.0652. The van der Waals surface area contributed by atoms with E-state index in [0.29, 0.717) is 11.4 Å². The van der Waals surface area contributed by atoms with Crippen LogP contribution in [0, 0.1) is 0 Å². The summed E-state index contributed by atoms with van der Waals surface area (Å²) in [4.78, 5) is 10.9. The zero-order valence-electron chi connectivity index (χ0n) is 10.7. The molecule has 0 spiro atoms. The third-order valence-electron chi connectivity index (χ3n) is 3.09. The van der Waals surface area contributed by atoms with Crippen molar-refractivity contribution in [1.29, 1.82) is 0 Å². The number of ether oxygens (including phenoxy) is 1. The van der Waals surface area contributed by atoms with Gasteiger partial charge in [-0.05, 0) is 16.8 Å². The fourth-order valence-electron chi connectivity index (χ4n) is 2.18. The molecule has 0 radical (unpaired) electrons. The van der Waals surface area contributed by atoms with E-state index in [2.05, 4.69) is 5.16 Å². The molecule has 0 unspecified atom stereocenters. The van der Waals surface area contributed by atoms with E-state index in [0.717, 1.165) is 16.3 Å². The van der Waals surface area contributed by atoms with Crippen LogP contribution < -0.4 is 4.74 Å². The van der Waals surface area contributed by atoms with Crippen LogP contribution in [0.1, 0.15) is 10.6 Å². The fourth-order valence-corrected chi connectivity index (χ4v) is 2.18. The average Bonchev–Trinajstić information content (AvgIpc) is 2.95. The largest absolute Gasteiger partial charge is 0.496 e. The number of hydrogen-bond acceptors (Lipinski definition) is 4. The summed E-state index contributed by atoms with van der Waals surface area (Å²) in [5.41, 5.74) is 1.16. The highest BCUT2D eigenvalue weighted by molar-refractivity contribution is 5.99. The number of carboxylic acids is 1. The summed E-state index contributed by atoms with van der Waals surface area (Å²) < 4.78 is 10.2. The summed E-state index contributed by atoms with van der Waals surface area (Å²) in [5, 5.41) is 14.7. The minimum absolute atomic E-state index is 0.199. The lowest BCUT2D eigenvalue weighted by atomic mass is 10.0. The Hall–Kier alpha value is -2.82. The molecule has 0 aliphatic heterocycles. The molecular formula is C15H11NO4. The Bertz CT molecular complexity index is 791. The molecule has 3 aromatic rings. The lowest BCUT2D eigenvalue weighted by Gasteiger charge is -2.09. The molecule has 0 saturated heterocycles. The van der Waals surface area contributed by atoms with Crippen molar-refractivity contribution in [2.24, 2.45) is 0 Å². The van der Waals surface area contributed by atoms with Gasteiger partial charge in [-0.15, -0.1) is 0 Å². The van der Waals surface area contributed by atoms with Crippen LogP contribution in [0.3, 0.4) is 0 Å². The van der Waals surface area contributed by atoms with E-state index in [1.165, 1.54) is 6.07 Å². The SMILES string of the molecule is COc1ccc2ccccc2c1-c1cc(C(=O)O)on1. The molecule has 3 rings (SSSR count). The summed E-state index contributed by atoms with van der Waals surface area (Å²) >= 11 is 0. The second-order valence-electron chi connectivity index (χ2n) is 4.25. The highest BCUT2D eigenvalue weighted by Crippen LogP contribution is 2.36. The molecule has 0 aliphatic rings. The van der Waals surface area contributed by atoms with Gasteiger partial charge in [0.2, 0.25) is 5.76 Å². The van der Waals surface area contributed by atoms with Gasteiger partial charge in [-0.25, -0.2) is 4.79 Å². The smallest absolute Gasteiger partial charge is 0.374 e. The summed E-state index contributed by atoms with van der Waals surface area (Å²) in [5.74, 6) is -0.730. The van der Waals surface area contributed by atoms with E-state index in [-0.39, 0.29) is 5.76 Å². The van der Waals surface area contributed by atoms with Crippen LogP contribution >= 0.6 is 0 Å². The van der Waals surface area contributed by atoms with Gasteiger partial charge in [-0.3, -0.25) is 0 Å². The maximum absolute atomic E-state index is 10.9. The highest BCUT2D eigenvalue weighted by atomic mass is 16.5. The third kappa shape index (κ3) is 1.89. The van der Waals surface area contributed by atoms with E-state index in [1.54, 1.807) is 7.11 Å². The van der Waals surface area contributed by atoms with Gasteiger partial charge in [0.1, 0.15) is 11.4 Å². The van der Waals surface area contributed by atoms with Gasteiger partial charge in [-0.1, -0.05) is 35.5 Å². The predicted octanol–water partition coefficient (Wildman–Crippen LogP) is 3.20. The molecule has 5 nitrogen and oxygen atoms in total. The topological polar surface area (TPSA) is 72.6 Å². The van der Waals surface area contributed by atoms with Gasteiger partial charge < -0.3 is 14.4 Å². The van der Waals surface area contributed by atoms with Crippen molar-refractivity contribution in [2.45, 2.75) is 0 Å². The molecular weight excluding hydrogens is 258 g/mol. The zero-order chi connectivity index (χ0) is 14.1. The quantitative estimate of drug-likeness (QED) is 0.790. The minimum Gasteiger partial charge on any atom is -0.496 e. The Morgan fingerprint density at radius 1 is 1.25 bits per heavy atom. The van der Waals surface area contributed by atoms with E-state index in [1.807, 2.05) is 36.4 Å².